The van der Waals surface area contributed by atoms with Crippen molar-refractivity contribution in [2.45, 2.75) is 6.92 Å². The number of benzene rings is 11. The third-order valence-electron chi connectivity index (χ3n) is 12.8. The molecule has 4 nitrogen and oxygen atoms in total. The Balaban J connectivity index is 1.25. The van der Waals surface area contributed by atoms with Crippen molar-refractivity contribution in [3.63, 3.8) is 0 Å². The summed E-state index contributed by atoms with van der Waals surface area (Å²) in [6.45, 7) is 2.14. The van der Waals surface area contributed by atoms with Crippen molar-refractivity contribution in [3.05, 3.63) is 224 Å². The van der Waals surface area contributed by atoms with E-state index >= 15 is 0 Å². The summed E-state index contributed by atoms with van der Waals surface area (Å²) in [5.74, 6) is 1.61. The fourth-order valence-electron chi connectivity index (χ4n) is 9.47. The van der Waals surface area contributed by atoms with Crippen LogP contribution < -0.4 is 24.6 Å². The summed E-state index contributed by atoms with van der Waals surface area (Å²) in [5.41, 5.74) is 12.2. The van der Waals surface area contributed by atoms with Crippen LogP contribution in [0.3, 0.4) is 0 Å². The van der Waals surface area contributed by atoms with Gasteiger partial charge < -0.3 is 19.3 Å². The summed E-state index contributed by atoms with van der Waals surface area (Å²) in [7, 11) is 6.24. The van der Waals surface area contributed by atoms with Crippen LogP contribution in [0.25, 0.3) is 65.3 Å². The second kappa shape index (κ2) is 17.2. The van der Waals surface area contributed by atoms with E-state index in [1.807, 2.05) is 24.3 Å². The molecule has 1 unspecified atom stereocenters. The maximum atomic E-state index is 5.61. The van der Waals surface area contributed by atoms with Crippen molar-refractivity contribution in [1.29, 1.82) is 0 Å². The fraction of sp³-hybridized carbons (Fsp3) is 0.0492. The predicted molar refractivity (Wildman–Crippen MR) is 284 cm³/mol. The lowest BCUT2D eigenvalue weighted by Crippen LogP contribution is -2.11. The number of anilines is 6. The number of hydrogen-bond acceptors (Lipinski definition) is 4. The highest BCUT2D eigenvalue weighted by atomic mass is 31.0. The summed E-state index contributed by atoms with van der Waals surface area (Å²) in [6, 6.07) is 79.2. The highest BCUT2D eigenvalue weighted by Crippen LogP contribution is 2.49. The summed E-state index contributed by atoms with van der Waals surface area (Å²) in [6.07, 6.45) is 0. The molecule has 0 aromatic heterocycles. The van der Waals surface area contributed by atoms with Gasteiger partial charge in [0.05, 0.1) is 14.2 Å². The molecule has 0 saturated heterocycles. The average molecular weight is 871 g/mol. The van der Waals surface area contributed by atoms with Gasteiger partial charge in [-0.2, -0.15) is 0 Å². The van der Waals surface area contributed by atoms with Gasteiger partial charge in [0.25, 0.3) is 0 Å². The van der Waals surface area contributed by atoms with Crippen molar-refractivity contribution in [2.75, 3.05) is 24.0 Å². The van der Waals surface area contributed by atoms with E-state index in [1.165, 1.54) is 54.4 Å². The molecule has 0 heterocycles. The molecule has 0 amide bonds. The minimum atomic E-state index is 0.804. The van der Waals surface area contributed by atoms with E-state index in [0.717, 1.165) is 67.4 Å². The average Bonchev–Trinajstić information content (AvgIpc) is 3.37. The molecule has 11 aromatic carbocycles. The molecule has 0 spiro atoms. The van der Waals surface area contributed by atoms with Gasteiger partial charge >= 0.3 is 0 Å². The number of hydrogen-bond donors (Lipinski definition) is 0. The largest absolute Gasteiger partial charge is 0.497 e. The molecule has 0 aliphatic rings. The van der Waals surface area contributed by atoms with Gasteiger partial charge in [-0.25, -0.2) is 0 Å². The van der Waals surface area contributed by atoms with Crippen molar-refractivity contribution in [2.24, 2.45) is 0 Å². The van der Waals surface area contributed by atoms with Gasteiger partial charge in [0.2, 0.25) is 0 Å². The Morgan fingerprint density at radius 2 is 0.697 bits per heavy atom. The Bertz CT molecular complexity index is 3480. The predicted octanol–water partition coefficient (Wildman–Crippen LogP) is 16.4. The Labute approximate surface area is 388 Å². The SMILES string of the molecule is COc1ccc(N(c2ccc(OC)cc2)c2ccc3c(-c4ccc5ccccc5c4)c4cc(N(c5ccc(C)cc5)c5ccc(P)cc5)ccc4c(-c4ccc5ccccc5c4)c3c2)cc1. The van der Waals surface area contributed by atoms with E-state index in [-0.39, 0.29) is 0 Å². The topological polar surface area (TPSA) is 24.9 Å². The summed E-state index contributed by atoms with van der Waals surface area (Å²) in [5, 5.41) is 10.6. The van der Waals surface area contributed by atoms with Crippen LogP contribution in [0, 0.1) is 6.92 Å². The monoisotopic (exact) mass is 870 g/mol. The van der Waals surface area contributed by atoms with E-state index in [0.29, 0.717) is 0 Å². The summed E-state index contributed by atoms with van der Waals surface area (Å²) < 4.78 is 11.2. The Morgan fingerprint density at radius 1 is 0.333 bits per heavy atom. The molecule has 0 aliphatic heterocycles. The van der Waals surface area contributed by atoms with Crippen LogP contribution in [0.15, 0.2) is 218 Å². The zero-order valence-electron chi connectivity index (χ0n) is 37.1. The smallest absolute Gasteiger partial charge is 0.119 e. The normalized spacial score (nSPS) is 11.3. The van der Waals surface area contributed by atoms with E-state index < -0.39 is 0 Å². The highest BCUT2D eigenvalue weighted by Gasteiger charge is 2.23. The van der Waals surface area contributed by atoms with E-state index in [1.54, 1.807) is 14.2 Å². The van der Waals surface area contributed by atoms with Gasteiger partial charge in [0, 0.05) is 34.1 Å². The van der Waals surface area contributed by atoms with Crippen molar-refractivity contribution in [1.82, 2.24) is 0 Å². The first-order valence-electron chi connectivity index (χ1n) is 22.2. The Hall–Kier alpha value is -7.91. The first-order chi connectivity index (χ1) is 32.4. The number of aryl methyl sites for hydroxylation is 1. The van der Waals surface area contributed by atoms with Crippen LogP contribution in [0.5, 0.6) is 11.5 Å². The molecular formula is C61H47N2O2P. The van der Waals surface area contributed by atoms with Crippen LogP contribution in [0.2, 0.25) is 0 Å². The fourth-order valence-corrected chi connectivity index (χ4v) is 9.66. The summed E-state index contributed by atoms with van der Waals surface area (Å²) >= 11 is 0. The maximum absolute atomic E-state index is 5.61. The van der Waals surface area contributed by atoms with Gasteiger partial charge in [-0.15, -0.1) is 9.24 Å². The molecule has 5 heteroatoms. The third-order valence-corrected chi connectivity index (χ3v) is 13.2. The molecule has 0 aliphatic carbocycles. The molecule has 1 atom stereocenters. The number of rotatable bonds is 10. The van der Waals surface area contributed by atoms with Gasteiger partial charge in [0.1, 0.15) is 11.5 Å². The van der Waals surface area contributed by atoms with Gasteiger partial charge in [-0.1, -0.05) is 115 Å². The molecule has 66 heavy (non-hydrogen) atoms. The van der Waals surface area contributed by atoms with Gasteiger partial charge in [-0.3, -0.25) is 0 Å². The van der Waals surface area contributed by atoms with E-state index in [2.05, 4.69) is 220 Å². The Morgan fingerprint density at radius 3 is 1.11 bits per heavy atom. The number of fused-ring (bicyclic) bond motifs is 4. The van der Waals surface area contributed by atoms with Crippen LogP contribution >= 0.6 is 9.24 Å². The maximum Gasteiger partial charge on any atom is 0.119 e. The van der Waals surface area contributed by atoms with Crippen LogP contribution in [-0.2, 0) is 0 Å². The zero-order chi connectivity index (χ0) is 44.7. The molecule has 0 bridgehead atoms. The van der Waals surface area contributed by atoms with Crippen molar-refractivity contribution >= 4 is 91.8 Å². The van der Waals surface area contributed by atoms with E-state index in [9.17, 15) is 0 Å². The molecule has 11 aromatic rings. The molecule has 0 saturated carbocycles. The first kappa shape index (κ1) is 40.8. The van der Waals surface area contributed by atoms with Crippen LogP contribution in [0.1, 0.15) is 5.56 Å². The minimum Gasteiger partial charge on any atom is -0.497 e. The number of methoxy groups -OCH3 is 2. The lowest BCUT2D eigenvalue weighted by Gasteiger charge is -2.28. The van der Waals surface area contributed by atoms with Crippen molar-refractivity contribution < 1.29 is 9.47 Å². The van der Waals surface area contributed by atoms with Crippen LogP contribution in [-0.4, -0.2) is 14.2 Å². The first-order valence-corrected chi connectivity index (χ1v) is 22.8. The minimum absolute atomic E-state index is 0.804. The van der Waals surface area contributed by atoms with Gasteiger partial charge in [0.15, 0.2) is 0 Å². The van der Waals surface area contributed by atoms with Gasteiger partial charge in [-0.05, 0) is 187 Å². The molecule has 0 fully saturated rings. The second-order valence-electron chi connectivity index (χ2n) is 16.8. The molecule has 11 rings (SSSR count). The molecular weight excluding hydrogens is 824 g/mol. The standard InChI is InChI=1S/C61H47N2O2P/c1-40-12-18-47(19-13-40)62(50-24-32-55(66)33-25-50)51-26-34-56-58(38-51)60(45-16-14-41-8-4-6-10-43(41)36-45)57-35-27-52(39-59(57)61(56)46-17-15-42-9-5-7-11-44(42)37-46)63(48-20-28-53(64-2)29-21-48)49-22-30-54(65-3)31-23-49/h4-39H,66H2,1-3H3. The second-order valence-corrected chi connectivity index (χ2v) is 17.5. The molecule has 0 radical (unpaired) electrons. The molecule has 0 N–H and O–H groups in total. The van der Waals surface area contributed by atoms with E-state index in [4.69, 9.17) is 9.47 Å². The Kier molecular flexibility index (Phi) is 10.7. The number of ether oxygens (including phenoxy) is 2. The highest BCUT2D eigenvalue weighted by molar-refractivity contribution is 7.27. The zero-order valence-corrected chi connectivity index (χ0v) is 38.2. The molecule has 318 valence electrons. The lowest BCUT2D eigenvalue weighted by atomic mass is 9.84. The van der Waals surface area contributed by atoms with Crippen molar-refractivity contribution in [3.8, 4) is 33.8 Å². The lowest BCUT2D eigenvalue weighted by molar-refractivity contribution is 0.415. The van der Waals surface area contributed by atoms with Crippen LogP contribution in [0.4, 0.5) is 34.1 Å². The third kappa shape index (κ3) is 7.56. The quantitative estimate of drug-likeness (QED) is 0.101. The summed E-state index contributed by atoms with van der Waals surface area (Å²) in [4.78, 5) is 4.68. The number of nitrogens with zero attached hydrogens (tertiary/aromatic N) is 2.